The van der Waals surface area contributed by atoms with E-state index in [1.54, 1.807) is 12.1 Å². The molecule has 0 atom stereocenters. The summed E-state index contributed by atoms with van der Waals surface area (Å²) in [6.45, 7) is 6.14. The molecule has 4 rings (SSSR count). The highest BCUT2D eigenvalue weighted by Gasteiger charge is 2.16. The number of ether oxygens (including phenoxy) is 3. The Kier molecular flexibility index (Phi) is 8.38. The average Bonchev–Trinajstić information content (AvgIpc) is 2.85. The van der Waals surface area contributed by atoms with Crippen molar-refractivity contribution in [3.8, 4) is 11.5 Å². The molecule has 0 amide bonds. The van der Waals surface area contributed by atoms with Gasteiger partial charge in [-0.05, 0) is 61.0 Å². The standard InChI is InChI=1S/C26H27Cl2FN2O3/c1-2-33-25-15-18(14-23(28)26(25)34-17-21-22(27)4-3-5-24(21)29)16-30-19-6-8-20(9-7-19)31-10-12-32-13-11-31/h3-9,14-15,30H,2,10-13,16-17H2,1H3. The Balaban J connectivity index is 1.43. The summed E-state index contributed by atoms with van der Waals surface area (Å²) >= 11 is 12.6. The molecule has 0 unspecified atom stereocenters. The van der Waals surface area contributed by atoms with Gasteiger partial charge in [0, 0.05) is 36.6 Å². The topological polar surface area (TPSA) is 43.0 Å². The molecule has 5 nitrogen and oxygen atoms in total. The Hall–Kier alpha value is -2.67. The molecule has 1 aliphatic rings. The van der Waals surface area contributed by atoms with Crippen molar-refractivity contribution in [1.29, 1.82) is 0 Å². The number of halogens is 3. The highest BCUT2D eigenvalue weighted by Crippen LogP contribution is 2.38. The van der Waals surface area contributed by atoms with E-state index in [4.69, 9.17) is 37.4 Å². The minimum Gasteiger partial charge on any atom is -0.490 e. The fraction of sp³-hybridized carbons (Fsp3) is 0.308. The quantitative estimate of drug-likeness (QED) is 0.357. The molecule has 0 spiro atoms. The molecule has 0 aromatic heterocycles. The van der Waals surface area contributed by atoms with Gasteiger partial charge in [-0.3, -0.25) is 0 Å². The monoisotopic (exact) mass is 504 g/mol. The fourth-order valence-electron chi connectivity index (χ4n) is 3.76. The lowest BCUT2D eigenvalue weighted by molar-refractivity contribution is 0.122. The lowest BCUT2D eigenvalue weighted by Crippen LogP contribution is -2.36. The number of hydrogen-bond acceptors (Lipinski definition) is 5. The molecular formula is C26H27Cl2FN2O3. The van der Waals surface area contributed by atoms with Gasteiger partial charge in [-0.1, -0.05) is 29.3 Å². The van der Waals surface area contributed by atoms with Gasteiger partial charge < -0.3 is 24.4 Å². The van der Waals surface area contributed by atoms with Crippen LogP contribution in [0.1, 0.15) is 18.1 Å². The van der Waals surface area contributed by atoms with E-state index in [2.05, 4.69) is 34.5 Å². The van der Waals surface area contributed by atoms with E-state index in [1.807, 2.05) is 19.1 Å². The van der Waals surface area contributed by atoms with E-state index in [1.165, 1.54) is 11.8 Å². The molecule has 3 aromatic carbocycles. The first kappa shape index (κ1) is 24.5. The van der Waals surface area contributed by atoms with E-state index in [-0.39, 0.29) is 12.2 Å². The van der Waals surface area contributed by atoms with Crippen molar-refractivity contribution >= 4 is 34.6 Å². The lowest BCUT2D eigenvalue weighted by atomic mass is 10.1. The normalized spacial score (nSPS) is 13.6. The molecule has 1 fully saturated rings. The van der Waals surface area contributed by atoms with Crippen LogP contribution in [0.15, 0.2) is 54.6 Å². The van der Waals surface area contributed by atoms with Gasteiger partial charge in [-0.2, -0.15) is 0 Å². The zero-order valence-corrected chi connectivity index (χ0v) is 20.5. The van der Waals surface area contributed by atoms with Gasteiger partial charge in [0.1, 0.15) is 12.4 Å². The summed E-state index contributed by atoms with van der Waals surface area (Å²) in [5, 5.41) is 4.10. The van der Waals surface area contributed by atoms with Gasteiger partial charge in [-0.15, -0.1) is 0 Å². The Labute approximate surface area is 209 Å². The van der Waals surface area contributed by atoms with E-state index in [9.17, 15) is 4.39 Å². The number of morpholine rings is 1. The van der Waals surface area contributed by atoms with Crippen LogP contribution in [0, 0.1) is 5.82 Å². The average molecular weight is 505 g/mol. The molecule has 0 radical (unpaired) electrons. The predicted octanol–water partition coefficient (Wildman–Crippen LogP) is 6.56. The Morgan fingerprint density at radius 1 is 1.00 bits per heavy atom. The largest absolute Gasteiger partial charge is 0.490 e. The number of nitrogens with zero attached hydrogens (tertiary/aromatic N) is 1. The zero-order chi connectivity index (χ0) is 23.9. The molecule has 1 N–H and O–H groups in total. The molecule has 0 saturated carbocycles. The van der Waals surface area contributed by atoms with Crippen LogP contribution >= 0.6 is 23.2 Å². The van der Waals surface area contributed by atoms with Crippen LogP contribution in [0.3, 0.4) is 0 Å². The first-order valence-corrected chi connectivity index (χ1v) is 12.0. The van der Waals surface area contributed by atoms with E-state index >= 15 is 0 Å². The van der Waals surface area contributed by atoms with Crippen molar-refractivity contribution in [3.05, 3.63) is 81.6 Å². The van der Waals surface area contributed by atoms with Gasteiger partial charge in [-0.25, -0.2) is 4.39 Å². The van der Waals surface area contributed by atoms with Crippen LogP contribution in [0.2, 0.25) is 10.0 Å². The smallest absolute Gasteiger partial charge is 0.180 e. The SMILES string of the molecule is CCOc1cc(CNc2ccc(N3CCOCC3)cc2)cc(Cl)c1OCc1c(F)cccc1Cl. The van der Waals surface area contributed by atoms with Crippen LogP contribution in [-0.2, 0) is 17.9 Å². The summed E-state index contributed by atoms with van der Waals surface area (Å²) in [7, 11) is 0. The highest BCUT2D eigenvalue weighted by atomic mass is 35.5. The number of hydrogen-bond donors (Lipinski definition) is 1. The molecule has 0 bridgehead atoms. The van der Waals surface area contributed by atoms with Crippen LogP contribution < -0.4 is 19.7 Å². The van der Waals surface area contributed by atoms with Gasteiger partial charge in [0.25, 0.3) is 0 Å². The maximum Gasteiger partial charge on any atom is 0.180 e. The van der Waals surface area contributed by atoms with Crippen molar-refractivity contribution < 1.29 is 18.6 Å². The first-order chi connectivity index (χ1) is 16.5. The summed E-state index contributed by atoms with van der Waals surface area (Å²) in [5.74, 6) is 0.436. The number of rotatable bonds is 9. The van der Waals surface area contributed by atoms with E-state index in [0.717, 1.165) is 37.6 Å². The van der Waals surface area contributed by atoms with Crippen molar-refractivity contribution in [1.82, 2.24) is 0 Å². The van der Waals surface area contributed by atoms with Gasteiger partial charge in [0.2, 0.25) is 0 Å². The van der Waals surface area contributed by atoms with Crippen LogP contribution in [0.25, 0.3) is 0 Å². The molecule has 8 heteroatoms. The molecule has 34 heavy (non-hydrogen) atoms. The number of benzene rings is 3. The van der Waals surface area contributed by atoms with Gasteiger partial charge in [0.15, 0.2) is 11.5 Å². The second kappa shape index (κ2) is 11.6. The third-order valence-electron chi connectivity index (χ3n) is 5.53. The predicted molar refractivity (Wildman–Crippen MR) is 135 cm³/mol. The van der Waals surface area contributed by atoms with E-state index < -0.39 is 5.82 Å². The minimum atomic E-state index is -0.429. The maximum absolute atomic E-state index is 14.1. The Bertz CT molecular complexity index is 1090. The molecule has 1 heterocycles. The minimum absolute atomic E-state index is 0.0572. The lowest BCUT2D eigenvalue weighted by Gasteiger charge is -2.29. The third kappa shape index (κ3) is 6.06. The van der Waals surface area contributed by atoms with Gasteiger partial charge in [0.05, 0.1) is 29.9 Å². The summed E-state index contributed by atoms with van der Waals surface area (Å²) in [4.78, 5) is 2.31. The summed E-state index contributed by atoms with van der Waals surface area (Å²) in [6.07, 6.45) is 0. The van der Waals surface area contributed by atoms with Crippen molar-refractivity contribution in [3.63, 3.8) is 0 Å². The molecule has 0 aliphatic carbocycles. The molecule has 1 aliphatic heterocycles. The Morgan fingerprint density at radius 2 is 1.76 bits per heavy atom. The van der Waals surface area contributed by atoms with Crippen LogP contribution in [-0.4, -0.2) is 32.9 Å². The molecule has 3 aromatic rings. The number of anilines is 2. The summed E-state index contributed by atoms with van der Waals surface area (Å²) in [5.41, 5.74) is 3.39. The van der Waals surface area contributed by atoms with Crippen LogP contribution in [0.4, 0.5) is 15.8 Å². The van der Waals surface area contributed by atoms with Crippen molar-refractivity contribution in [2.24, 2.45) is 0 Å². The summed E-state index contributed by atoms with van der Waals surface area (Å²) in [6, 6.07) is 16.6. The van der Waals surface area contributed by atoms with Crippen molar-refractivity contribution in [2.45, 2.75) is 20.1 Å². The van der Waals surface area contributed by atoms with Crippen LogP contribution in [0.5, 0.6) is 11.5 Å². The van der Waals surface area contributed by atoms with E-state index in [0.29, 0.717) is 34.7 Å². The molecule has 1 saturated heterocycles. The van der Waals surface area contributed by atoms with Gasteiger partial charge >= 0.3 is 0 Å². The second-order valence-electron chi connectivity index (χ2n) is 7.83. The van der Waals surface area contributed by atoms with Crippen molar-refractivity contribution in [2.75, 3.05) is 43.1 Å². The highest BCUT2D eigenvalue weighted by molar-refractivity contribution is 6.32. The fourth-order valence-corrected chi connectivity index (χ4v) is 4.26. The third-order valence-corrected chi connectivity index (χ3v) is 6.17. The second-order valence-corrected chi connectivity index (χ2v) is 8.64. The molecular weight excluding hydrogens is 478 g/mol. The summed E-state index contributed by atoms with van der Waals surface area (Å²) < 4.78 is 31.1. The Morgan fingerprint density at radius 3 is 2.47 bits per heavy atom. The zero-order valence-electron chi connectivity index (χ0n) is 19.0. The first-order valence-electron chi connectivity index (χ1n) is 11.2. The molecule has 180 valence electrons. The number of nitrogens with one attached hydrogen (secondary N) is 1. The maximum atomic E-state index is 14.1.